The van der Waals surface area contributed by atoms with Crippen LogP contribution in [0.4, 0.5) is 0 Å². The maximum Gasteiger partial charge on any atom is 0.253 e. The summed E-state index contributed by atoms with van der Waals surface area (Å²) in [4.78, 5) is 26.6. The lowest BCUT2D eigenvalue weighted by molar-refractivity contribution is 0.0946. The number of rotatable bonds is 3. The van der Waals surface area contributed by atoms with E-state index in [0.717, 1.165) is 40.3 Å². The van der Waals surface area contributed by atoms with E-state index in [2.05, 4.69) is 25.3 Å². The molecule has 6 nitrogen and oxygen atoms in total. The van der Waals surface area contributed by atoms with Gasteiger partial charge < -0.3 is 15.3 Å². The number of fused-ring (bicyclic) bond motifs is 1. The van der Waals surface area contributed by atoms with Gasteiger partial charge in [0.25, 0.3) is 5.91 Å². The number of pyridine rings is 1. The summed E-state index contributed by atoms with van der Waals surface area (Å²) in [5.74, 6) is -0.0119. The molecular weight excluding hydrogens is 290 g/mol. The van der Waals surface area contributed by atoms with Crippen molar-refractivity contribution >= 4 is 18.1 Å². The summed E-state index contributed by atoms with van der Waals surface area (Å²) in [6, 6.07) is 5.83. The first-order valence-electron chi connectivity index (χ1n) is 7.42. The lowest BCUT2D eigenvalue weighted by Gasteiger charge is -2.10. The van der Waals surface area contributed by atoms with Crippen LogP contribution < -0.4 is 5.32 Å². The quantitative estimate of drug-likeness (QED) is 0.693. The van der Waals surface area contributed by atoms with Crippen LogP contribution in [-0.2, 0) is 6.42 Å². The largest absolute Gasteiger partial charge is 0.358 e. The molecular formula is C17H15N5O. The molecule has 0 fully saturated rings. The van der Waals surface area contributed by atoms with Crippen LogP contribution in [0.5, 0.6) is 0 Å². The highest BCUT2D eigenvalue weighted by Gasteiger charge is 2.19. The molecule has 1 aliphatic heterocycles. The van der Waals surface area contributed by atoms with E-state index in [4.69, 9.17) is 0 Å². The van der Waals surface area contributed by atoms with Gasteiger partial charge in [0.1, 0.15) is 0 Å². The van der Waals surface area contributed by atoms with Gasteiger partial charge >= 0.3 is 0 Å². The van der Waals surface area contributed by atoms with E-state index < -0.39 is 0 Å². The topological polar surface area (TPSA) is 86.5 Å². The van der Waals surface area contributed by atoms with Gasteiger partial charge in [-0.05, 0) is 30.4 Å². The molecule has 0 aliphatic carbocycles. The molecule has 0 spiro atoms. The van der Waals surface area contributed by atoms with Gasteiger partial charge in [-0.2, -0.15) is 0 Å². The number of hydrogen-bond donors (Lipinski definition) is 3. The van der Waals surface area contributed by atoms with Gasteiger partial charge in [0, 0.05) is 36.1 Å². The Bertz CT molecular complexity index is 876. The Balaban J connectivity index is 1.65. The molecule has 4 heterocycles. The Morgan fingerprint density at radius 3 is 3.00 bits per heavy atom. The number of hydrogen-bond acceptors (Lipinski definition) is 3. The van der Waals surface area contributed by atoms with E-state index in [9.17, 15) is 4.79 Å². The van der Waals surface area contributed by atoms with Gasteiger partial charge in [-0.3, -0.25) is 9.78 Å². The van der Waals surface area contributed by atoms with E-state index in [0.29, 0.717) is 6.54 Å². The molecule has 0 bridgehead atoms. The molecule has 0 saturated carbocycles. The van der Waals surface area contributed by atoms with Gasteiger partial charge in [-0.1, -0.05) is 0 Å². The molecule has 0 saturated heterocycles. The average molecular weight is 305 g/mol. The number of imidazole rings is 1. The minimum absolute atomic E-state index is 0.0119. The predicted octanol–water partition coefficient (Wildman–Crippen LogP) is 2.26. The minimum atomic E-state index is -0.0119. The smallest absolute Gasteiger partial charge is 0.253 e. The summed E-state index contributed by atoms with van der Waals surface area (Å²) < 4.78 is 0. The average Bonchev–Trinajstić information content (AvgIpc) is 3.23. The monoisotopic (exact) mass is 305 g/mol. The van der Waals surface area contributed by atoms with E-state index in [-0.39, 0.29) is 5.91 Å². The fraction of sp³-hybridized carbons (Fsp3) is 0.118. The lowest BCUT2D eigenvalue weighted by atomic mass is 10.1. The van der Waals surface area contributed by atoms with Crippen molar-refractivity contribution in [2.75, 3.05) is 6.54 Å². The summed E-state index contributed by atoms with van der Waals surface area (Å²) in [5.41, 5.74) is 5.43. The van der Waals surface area contributed by atoms with E-state index in [1.165, 1.54) is 0 Å². The van der Waals surface area contributed by atoms with E-state index in [1.54, 1.807) is 18.7 Å². The van der Waals surface area contributed by atoms with Gasteiger partial charge in [-0.25, -0.2) is 4.98 Å². The normalized spacial score (nSPS) is 14.0. The highest BCUT2D eigenvalue weighted by molar-refractivity contribution is 5.97. The Morgan fingerprint density at radius 1 is 1.22 bits per heavy atom. The molecule has 23 heavy (non-hydrogen) atoms. The van der Waals surface area contributed by atoms with Crippen molar-refractivity contribution in [3.63, 3.8) is 0 Å². The van der Waals surface area contributed by atoms with Crippen molar-refractivity contribution in [3.05, 3.63) is 59.6 Å². The molecule has 3 aromatic rings. The number of carbonyl (C=O) groups is 1. The maximum absolute atomic E-state index is 11.9. The Hall–Kier alpha value is -3.15. The molecule has 114 valence electrons. The number of aromatic nitrogens is 4. The number of amides is 1. The van der Waals surface area contributed by atoms with Crippen molar-refractivity contribution in [1.82, 2.24) is 25.3 Å². The SMILES string of the molecule is O=C1NCCc2[nH]c(-c3ccnc(/C=C\c4cnc[nH]4)c3)cc21. The third-order valence-electron chi connectivity index (χ3n) is 3.85. The second-order valence-electron chi connectivity index (χ2n) is 5.39. The third-order valence-corrected chi connectivity index (χ3v) is 3.85. The fourth-order valence-corrected chi connectivity index (χ4v) is 2.69. The molecule has 0 atom stereocenters. The fourth-order valence-electron chi connectivity index (χ4n) is 2.69. The second-order valence-corrected chi connectivity index (χ2v) is 5.39. The van der Waals surface area contributed by atoms with E-state index in [1.807, 2.05) is 30.4 Å². The van der Waals surface area contributed by atoms with Crippen LogP contribution >= 0.6 is 0 Å². The summed E-state index contributed by atoms with van der Waals surface area (Å²) in [5, 5.41) is 2.86. The molecule has 6 heteroatoms. The van der Waals surface area contributed by atoms with Crippen LogP contribution in [0.3, 0.4) is 0 Å². The van der Waals surface area contributed by atoms with Crippen LogP contribution in [0.25, 0.3) is 23.4 Å². The standard InChI is InChI=1S/C17H15N5O/c23-17-14-8-16(22-15(14)4-6-20-17)11-3-5-19-12(7-11)1-2-13-9-18-10-21-13/h1-3,5,7-10,22H,4,6H2,(H,18,21)(H,20,23)/b2-1-. The molecule has 4 rings (SSSR count). The minimum Gasteiger partial charge on any atom is -0.358 e. The third kappa shape index (κ3) is 2.66. The summed E-state index contributed by atoms with van der Waals surface area (Å²) in [7, 11) is 0. The molecule has 3 N–H and O–H groups in total. The van der Waals surface area contributed by atoms with E-state index >= 15 is 0 Å². The summed E-state index contributed by atoms with van der Waals surface area (Å²) in [6.45, 7) is 0.681. The maximum atomic E-state index is 11.9. The Labute approximate surface area is 132 Å². The molecule has 0 unspecified atom stereocenters. The first kappa shape index (κ1) is 13.5. The van der Waals surface area contributed by atoms with Crippen molar-refractivity contribution < 1.29 is 4.79 Å². The zero-order valence-corrected chi connectivity index (χ0v) is 12.3. The number of H-pyrrole nitrogens is 2. The van der Waals surface area contributed by atoms with Gasteiger partial charge in [0.05, 0.1) is 29.5 Å². The highest BCUT2D eigenvalue weighted by Crippen LogP contribution is 2.24. The number of nitrogens with one attached hydrogen (secondary N) is 3. The molecule has 1 aliphatic rings. The van der Waals surface area contributed by atoms with Crippen molar-refractivity contribution in [3.8, 4) is 11.3 Å². The zero-order chi connectivity index (χ0) is 15.6. The second kappa shape index (κ2) is 5.57. The Morgan fingerprint density at radius 2 is 2.17 bits per heavy atom. The van der Waals surface area contributed by atoms with Crippen molar-refractivity contribution in [2.24, 2.45) is 0 Å². The molecule has 3 aromatic heterocycles. The molecule has 0 aromatic carbocycles. The number of aromatic amines is 2. The van der Waals surface area contributed by atoms with Crippen LogP contribution in [0.15, 0.2) is 36.9 Å². The first-order valence-corrected chi connectivity index (χ1v) is 7.42. The first-order chi connectivity index (χ1) is 11.3. The van der Waals surface area contributed by atoms with Crippen LogP contribution in [0, 0.1) is 0 Å². The van der Waals surface area contributed by atoms with Gasteiger partial charge in [0.2, 0.25) is 0 Å². The van der Waals surface area contributed by atoms with Gasteiger partial charge in [-0.15, -0.1) is 0 Å². The van der Waals surface area contributed by atoms with Gasteiger partial charge in [0.15, 0.2) is 0 Å². The van der Waals surface area contributed by atoms with Crippen LogP contribution in [-0.4, -0.2) is 32.4 Å². The van der Waals surface area contributed by atoms with Crippen molar-refractivity contribution in [2.45, 2.75) is 6.42 Å². The molecule has 1 amide bonds. The predicted molar refractivity (Wildman–Crippen MR) is 87.6 cm³/mol. The Kier molecular flexibility index (Phi) is 3.27. The number of carbonyl (C=O) groups excluding carboxylic acids is 1. The lowest BCUT2D eigenvalue weighted by Crippen LogP contribution is -2.31. The number of nitrogens with zero attached hydrogens (tertiary/aromatic N) is 2. The van der Waals surface area contributed by atoms with Crippen molar-refractivity contribution in [1.29, 1.82) is 0 Å². The summed E-state index contributed by atoms with van der Waals surface area (Å²) >= 11 is 0. The molecule has 0 radical (unpaired) electrons. The highest BCUT2D eigenvalue weighted by atomic mass is 16.1. The van der Waals surface area contributed by atoms with Crippen LogP contribution in [0.2, 0.25) is 0 Å². The van der Waals surface area contributed by atoms with Crippen LogP contribution in [0.1, 0.15) is 27.4 Å². The summed E-state index contributed by atoms with van der Waals surface area (Å²) in [6.07, 6.45) is 9.83. The zero-order valence-electron chi connectivity index (χ0n) is 12.3.